The van der Waals surface area contributed by atoms with Crippen LogP contribution >= 0.6 is 11.8 Å². The van der Waals surface area contributed by atoms with E-state index in [2.05, 4.69) is 5.32 Å². The number of hydrogen-bond donors (Lipinski definition) is 2. The monoisotopic (exact) mass is 236 g/mol. The Kier molecular flexibility index (Phi) is 3.72. The normalized spacial score (nSPS) is 20.4. The Morgan fingerprint density at radius 3 is 2.69 bits per heavy atom. The lowest BCUT2D eigenvalue weighted by Crippen LogP contribution is -2.25. The quantitative estimate of drug-likeness (QED) is 0.845. The van der Waals surface area contributed by atoms with Crippen LogP contribution in [0.5, 0.6) is 0 Å². The van der Waals surface area contributed by atoms with Gasteiger partial charge in [0.05, 0.1) is 0 Å². The molecule has 0 saturated carbocycles. The summed E-state index contributed by atoms with van der Waals surface area (Å²) in [6.45, 7) is 0. The van der Waals surface area contributed by atoms with Gasteiger partial charge in [0.25, 0.3) is 0 Å². The first-order valence-corrected chi connectivity index (χ1v) is 6.65. The van der Waals surface area contributed by atoms with Gasteiger partial charge in [-0.3, -0.25) is 4.79 Å². The summed E-state index contributed by atoms with van der Waals surface area (Å²) < 4.78 is 0. The molecule has 1 fully saturated rings. The fraction of sp³-hybridized carbons (Fsp3) is 0.417. The van der Waals surface area contributed by atoms with E-state index in [1.54, 1.807) is 12.1 Å². The molecule has 0 radical (unpaired) electrons. The average Bonchev–Trinajstić information content (AvgIpc) is 2.31. The molecule has 4 heteroatoms. The van der Waals surface area contributed by atoms with E-state index in [0.29, 0.717) is 11.6 Å². The smallest absolute Gasteiger partial charge is 0.248 e. The molecule has 3 N–H and O–H groups in total. The molecule has 0 aliphatic carbocycles. The summed E-state index contributed by atoms with van der Waals surface area (Å²) >= 11 is 1.99. The van der Waals surface area contributed by atoms with E-state index < -0.39 is 0 Å². The second kappa shape index (κ2) is 5.25. The Hall–Kier alpha value is -1.16. The molecule has 86 valence electrons. The van der Waals surface area contributed by atoms with E-state index in [9.17, 15) is 4.79 Å². The maximum absolute atomic E-state index is 10.9. The van der Waals surface area contributed by atoms with Crippen molar-refractivity contribution in [3.63, 3.8) is 0 Å². The molecule has 1 heterocycles. The van der Waals surface area contributed by atoms with Crippen LogP contribution in [0.2, 0.25) is 0 Å². The molecule has 1 aromatic carbocycles. The van der Waals surface area contributed by atoms with Gasteiger partial charge in [-0.1, -0.05) is 0 Å². The zero-order valence-corrected chi connectivity index (χ0v) is 9.93. The Morgan fingerprint density at radius 1 is 1.38 bits per heavy atom. The average molecular weight is 236 g/mol. The first-order chi connectivity index (χ1) is 7.75. The highest BCUT2D eigenvalue weighted by Crippen LogP contribution is 2.21. The first-order valence-electron chi connectivity index (χ1n) is 5.50. The highest BCUT2D eigenvalue weighted by atomic mass is 32.2. The van der Waals surface area contributed by atoms with Crippen molar-refractivity contribution in [2.45, 2.75) is 18.9 Å². The summed E-state index contributed by atoms with van der Waals surface area (Å²) in [6.07, 6.45) is 2.51. The minimum absolute atomic E-state index is 0.375. The number of carbonyl (C=O) groups is 1. The second-order valence-corrected chi connectivity index (χ2v) is 5.15. The molecule has 3 nitrogen and oxygen atoms in total. The van der Waals surface area contributed by atoms with Gasteiger partial charge in [0, 0.05) is 23.0 Å². The number of rotatable bonds is 3. The van der Waals surface area contributed by atoms with Gasteiger partial charge in [-0.15, -0.1) is 0 Å². The Balaban J connectivity index is 1.96. The van der Waals surface area contributed by atoms with Crippen LogP contribution in [-0.2, 0) is 0 Å². The van der Waals surface area contributed by atoms with Crippen LogP contribution in [0.3, 0.4) is 0 Å². The van der Waals surface area contributed by atoms with Gasteiger partial charge in [-0.05, 0) is 42.9 Å². The lowest BCUT2D eigenvalue weighted by Gasteiger charge is -2.23. The Labute approximate surface area is 99.8 Å². The second-order valence-electron chi connectivity index (χ2n) is 4.00. The number of primary amides is 1. The highest BCUT2D eigenvalue weighted by molar-refractivity contribution is 7.99. The molecule has 1 atom stereocenters. The van der Waals surface area contributed by atoms with E-state index in [-0.39, 0.29) is 5.91 Å². The van der Waals surface area contributed by atoms with Crippen molar-refractivity contribution in [2.24, 2.45) is 5.73 Å². The Morgan fingerprint density at radius 2 is 2.12 bits per heavy atom. The van der Waals surface area contributed by atoms with Crippen molar-refractivity contribution >= 4 is 23.4 Å². The third kappa shape index (κ3) is 2.92. The number of thioether (sulfide) groups is 1. The Bertz CT molecular complexity index is 358. The number of amides is 1. The summed E-state index contributed by atoms with van der Waals surface area (Å²) in [7, 11) is 0. The predicted molar refractivity (Wildman–Crippen MR) is 68.9 cm³/mol. The zero-order chi connectivity index (χ0) is 11.4. The molecule has 1 aliphatic rings. The minimum atomic E-state index is -0.375. The fourth-order valence-electron chi connectivity index (χ4n) is 1.82. The molecule has 1 aliphatic heterocycles. The van der Waals surface area contributed by atoms with Crippen molar-refractivity contribution in [2.75, 3.05) is 16.8 Å². The van der Waals surface area contributed by atoms with Crippen LogP contribution < -0.4 is 11.1 Å². The standard InChI is InChI=1S/C12H16N2OS/c13-12(15)9-3-5-10(6-4-9)14-11-2-1-7-16-8-11/h3-6,11,14H,1-2,7-8H2,(H2,13,15). The van der Waals surface area contributed by atoms with Crippen molar-refractivity contribution in [1.82, 2.24) is 0 Å². The maximum atomic E-state index is 10.9. The van der Waals surface area contributed by atoms with Gasteiger partial charge in [0.2, 0.25) is 5.91 Å². The van der Waals surface area contributed by atoms with E-state index in [0.717, 1.165) is 11.4 Å². The molecule has 0 spiro atoms. The summed E-state index contributed by atoms with van der Waals surface area (Å²) in [5.41, 5.74) is 6.81. The topological polar surface area (TPSA) is 55.1 Å². The van der Waals surface area contributed by atoms with Crippen molar-refractivity contribution in [3.05, 3.63) is 29.8 Å². The molecular formula is C12H16N2OS. The third-order valence-corrected chi connectivity index (χ3v) is 3.92. The summed E-state index contributed by atoms with van der Waals surface area (Å²) in [5, 5.41) is 3.47. The van der Waals surface area contributed by atoms with Crippen LogP contribution in [0.25, 0.3) is 0 Å². The fourth-order valence-corrected chi connectivity index (χ4v) is 2.89. The van der Waals surface area contributed by atoms with Gasteiger partial charge in [0.1, 0.15) is 0 Å². The van der Waals surface area contributed by atoms with Crippen LogP contribution in [0.15, 0.2) is 24.3 Å². The third-order valence-electron chi connectivity index (χ3n) is 2.70. The molecule has 1 aromatic rings. The van der Waals surface area contributed by atoms with E-state index in [1.807, 2.05) is 23.9 Å². The zero-order valence-electron chi connectivity index (χ0n) is 9.11. The maximum Gasteiger partial charge on any atom is 0.248 e. The molecule has 2 rings (SSSR count). The van der Waals surface area contributed by atoms with E-state index in [4.69, 9.17) is 5.73 Å². The number of carbonyl (C=O) groups excluding carboxylic acids is 1. The van der Waals surface area contributed by atoms with Crippen LogP contribution in [0.4, 0.5) is 5.69 Å². The van der Waals surface area contributed by atoms with Gasteiger partial charge >= 0.3 is 0 Å². The van der Waals surface area contributed by atoms with Crippen molar-refractivity contribution in [1.29, 1.82) is 0 Å². The van der Waals surface area contributed by atoms with Crippen LogP contribution in [0.1, 0.15) is 23.2 Å². The first kappa shape index (κ1) is 11.3. The molecular weight excluding hydrogens is 220 g/mol. The summed E-state index contributed by atoms with van der Waals surface area (Å²) in [4.78, 5) is 10.9. The SMILES string of the molecule is NC(=O)c1ccc(NC2CCCSC2)cc1. The molecule has 1 unspecified atom stereocenters. The van der Waals surface area contributed by atoms with Gasteiger partial charge in [-0.2, -0.15) is 11.8 Å². The van der Waals surface area contributed by atoms with E-state index in [1.165, 1.54) is 18.6 Å². The van der Waals surface area contributed by atoms with Crippen molar-refractivity contribution in [3.8, 4) is 0 Å². The van der Waals surface area contributed by atoms with Gasteiger partial charge < -0.3 is 11.1 Å². The number of anilines is 1. The van der Waals surface area contributed by atoms with Crippen LogP contribution in [-0.4, -0.2) is 23.5 Å². The molecule has 0 aromatic heterocycles. The van der Waals surface area contributed by atoms with Gasteiger partial charge in [0.15, 0.2) is 0 Å². The van der Waals surface area contributed by atoms with Gasteiger partial charge in [-0.25, -0.2) is 0 Å². The predicted octanol–water partition coefficient (Wildman–Crippen LogP) is 2.09. The largest absolute Gasteiger partial charge is 0.381 e. The number of nitrogens with two attached hydrogens (primary N) is 1. The number of hydrogen-bond acceptors (Lipinski definition) is 3. The number of benzene rings is 1. The lowest BCUT2D eigenvalue weighted by molar-refractivity contribution is 0.100. The molecule has 1 saturated heterocycles. The summed E-state index contributed by atoms with van der Waals surface area (Å²) in [6, 6.07) is 7.91. The summed E-state index contributed by atoms with van der Waals surface area (Å²) in [5.74, 6) is 2.07. The van der Waals surface area contributed by atoms with Crippen molar-refractivity contribution < 1.29 is 4.79 Å². The number of nitrogens with one attached hydrogen (secondary N) is 1. The van der Waals surface area contributed by atoms with Crippen LogP contribution in [0, 0.1) is 0 Å². The highest BCUT2D eigenvalue weighted by Gasteiger charge is 2.13. The molecule has 16 heavy (non-hydrogen) atoms. The minimum Gasteiger partial charge on any atom is -0.381 e. The van der Waals surface area contributed by atoms with E-state index >= 15 is 0 Å². The lowest BCUT2D eigenvalue weighted by atomic mass is 10.1. The molecule has 1 amide bonds. The molecule has 0 bridgehead atoms.